The van der Waals surface area contributed by atoms with Gasteiger partial charge in [-0.05, 0) is 12.1 Å². The molecule has 1 aromatic carbocycles. The highest BCUT2D eigenvalue weighted by Gasteiger charge is 2.12. The molecule has 0 fully saturated rings. The van der Waals surface area contributed by atoms with Crippen molar-refractivity contribution in [1.82, 2.24) is 20.0 Å². The predicted octanol–water partition coefficient (Wildman–Crippen LogP) is -0.615. The summed E-state index contributed by atoms with van der Waals surface area (Å²) in [6.45, 7) is 0. The fraction of sp³-hybridized carbons (Fsp3) is 0. The summed E-state index contributed by atoms with van der Waals surface area (Å²) in [5.41, 5.74) is 0.603. The van der Waals surface area contributed by atoms with Crippen LogP contribution in [0.15, 0.2) is 29.1 Å². The average molecular weight is 188 g/mol. The van der Waals surface area contributed by atoms with Crippen LogP contribution in [0.1, 0.15) is 0 Å². The van der Waals surface area contributed by atoms with Crippen molar-refractivity contribution in [1.29, 1.82) is 0 Å². The molecule has 0 amide bonds. The summed E-state index contributed by atoms with van der Waals surface area (Å²) in [5, 5.41) is 10.4. The molecule has 0 spiro atoms. The molecule has 0 atom stereocenters. The number of hydrogen-bond acceptors (Lipinski definition) is 3. The molecule has 0 bridgehead atoms. The largest absolute Gasteiger partial charge is 0.448 e. The molecular weight excluding hydrogens is 182 g/mol. The first-order valence-electron chi connectivity index (χ1n) is 4.10. The molecule has 2 heterocycles. The lowest BCUT2D eigenvalue weighted by Crippen LogP contribution is -2.22. The maximum absolute atomic E-state index is 11.8. The first-order valence-corrected chi connectivity index (χ1v) is 4.10. The van der Waals surface area contributed by atoms with Crippen LogP contribution in [0.2, 0.25) is 0 Å². The van der Waals surface area contributed by atoms with Crippen LogP contribution in [0.25, 0.3) is 16.7 Å². The van der Waals surface area contributed by atoms with Gasteiger partial charge in [-0.3, -0.25) is 0 Å². The van der Waals surface area contributed by atoms with E-state index in [2.05, 4.69) is 20.5 Å². The summed E-state index contributed by atoms with van der Waals surface area (Å²) >= 11 is 0. The van der Waals surface area contributed by atoms with Crippen LogP contribution < -0.4 is 10.5 Å². The van der Waals surface area contributed by atoms with E-state index in [4.69, 9.17) is 0 Å². The summed E-state index contributed by atoms with van der Waals surface area (Å²) in [6.07, 6.45) is 0. The van der Waals surface area contributed by atoms with Gasteiger partial charge in [0.2, 0.25) is 0 Å². The maximum atomic E-state index is 11.8. The maximum Gasteiger partial charge on any atom is 0.448 e. The summed E-state index contributed by atoms with van der Waals surface area (Å²) in [4.78, 5) is 14.8. The number of nitrogens with zero attached hydrogens (tertiary/aromatic N) is 3. The number of fused-ring (bicyclic) bond motifs is 2. The first kappa shape index (κ1) is 7.19. The van der Waals surface area contributed by atoms with Crippen LogP contribution in [-0.4, -0.2) is 20.0 Å². The summed E-state index contributed by atoms with van der Waals surface area (Å²) < 4.78 is 1.27. The number of benzene rings is 1. The van der Waals surface area contributed by atoms with Crippen LogP contribution in [0.4, 0.5) is 0 Å². The number of aromatic nitrogens is 5. The molecule has 6 heteroatoms. The van der Waals surface area contributed by atoms with Gasteiger partial charge in [0, 0.05) is 5.21 Å². The molecular formula is C8H6N5O+. The van der Waals surface area contributed by atoms with E-state index in [1.165, 1.54) is 4.52 Å². The van der Waals surface area contributed by atoms with Gasteiger partial charge in [0.05, 0.1) is 10.5 Å². The van der Waals surface area contributed by atoms with Gasteiger partial charge in [0.25, 0.3) is 0 Å². The van der Waals surface area contributed by atoms with Gasteiger partial charge < -0.3 is 0 Å². The van der Waals surface area contributed by atoms with Gasteiger partial charge in [-0.2, -0.15) is 0 Å². The summed E-state index contributed by atoms with van der Waals surface area (Å²) in [5.74, 6) is 0.411. The van der Waals surface area contributed by atoms with Gasteiger partial charge in [-0.15, -0.1) is 5.21 Å². The standard InChI is InChI=1S/C8H5N5O/c14-7-5-3-1-2-4-6(5)9-8-10-11-12-13(7)8/h1-4H,(H,9,10,12)/p+1. The quantitative estimate of drug-likeness (QED) is 0.511. The van der Waals surface area contributed by atoms with Gasteiger partial charge in [0.1, 0.15) is 5.52 Å². The molecule has 2 N–H and O–H groups in total. The lowest BCUT2D eigenvalue weighted by Gasteiger charge is -1.90. The Kier molecular flexibility index (Phi) is 1.22. The van der Waals surface area contributed by atoms with Crippen LogP contribution >= 0.6 is 0 Å². The smallest absolute Gasteiger partial charge is 0.248 e. The van der Waals surface area contributed by atoms with Crippen LogP contribution in [-0.2, 0) is 0 Å². The molecule has 68 valence electrons. The van der Waals surface area contributed by atoms with E-state index in [9.17, 15) is 4.79 Å². The van der Waals surface area contributed by atoms with Crippen molar-refractivity contribution in [3.05, 3.63) is 34.6 Å². The Morgan fingerprint density at radius 3 is 3.14 bits per heavy atom. The second-order valence-electron chi connectivity index (χ2n) is 2.93. The monoisotopic (exact) mass is 188 g/mol. The van der Waals surface area contributed by atoms with Gasteiger partial charge in [-0.25, -0.2) is 9.78 Å². The second kappa shape index (κ2) is 2.38. The number of hydrogen-bond donors (Lipinski definition) is 1. The van der Waals surface area contributed by atoms with Crippen molar-refractivity contribution < 1.29 is 4.98 Å². The number of aromatic amines is 2. The molecule has 0 aliphatic heterocycles. The van der Waals surface area contributed by atoms with Crippen molar-refractivity contribution in [2.75, 3.05) is 0 Å². The highest BCUT2D eigenvalue weighted by atomic mass is 16.1. The van der Waals surface area contributed by atoms with Crippen molar-refractivity contribution in [2.24, 2.45) is 0 Å². The molecule has 2 aromatic heterocycles. The molecule has 0 saturated heterocycles. The molecule has 0 aliphatic carbocycles. The van der Waals surface area contributed by atoms with Crippen molar-refractivity contribution in [3.63, 3.8) is 0 Å². The van der Waals surface area contributed by atoms with Gasteiger partial charge in [0.15, 0.2) is 0 Å². The van der Waals surface area contributed by atoms with Gasteiger partial charge in [-0.1, -0.05) is 16.6 Å². The Labute approximate surface area is 77.2 Å². The Hall–Kier alpha value is -2.24. The molecule has 0 aliphatic rings. The molecule has 0 unspecified atom stereocenters. The topological polar surface area (TPSA) is 77.2 Å². The SMILES string of the molecule is O=c1c2ccccc2[nH+]c2nn[nH]n12. The number of nitrogens with one attached hydrogen (secondary N) is 2. The lowest BCUT2D eigenvalue weighted by atomic mass is 10.2. The molecule has 14 heavy (non-hydrogen) atoms. The third kappa shape index (κ3) is 0.792. The van der Waals surface area contributed by atoms with E-state index >= 15 is 0 Å². The number of tetrazole rings is 1. The highest BCUT2D eigenvalue weighted by molar-refractivity contribution is 5.74. The number of rotatable bonds is 0. The normalized spacial score (nSPS) is 11.1. The van der Waals surface area contributed by atoms with E-state index in [0.29, 0.717) is 11.2 Å². The minimum Gasteiger partial charge on any atom is -0.248 e. The summed E-state index contributed by atoms with van der Waals surface area (Å²) in [7, 11) is 0. The molecule has 3 aromatic rings. The third-order valence-electron chi connectivity index (χ3n) is 2.11. The van der Waals surface area contributed by atoms with E-state index in [1.54, 1.807) is 6.07 Å². The highest BCUT2D eigenvalue weighted by Crippen LogP contribution is 2.01. The van der Waals surface area contributed by atoms with E-state index in [0.717, 1.165) is 5.52 Å². The van der Waals surface area contributed by atoms with E-state index in [-0.39, 0.29) is 5.56 Å². The van der Waals surface area contributed by atoms with Gasteiger partial charge >= 0.3 is 11.3 Å². The molecule has 0 radical (unpaired) electrons. The van der Waals surface area contributed by atoms with Crippen LogP contribution in [0.5, 0.6) is 0 Å². The van der Waals surface area contributed by atoms with Crippen LogP contribution in [0, 0.1) is 0 Å². The zero-order chi connectivity index (χ0) is 9.54. The zero-order valence-corrected chi connectivity index (χ0v) is 7.06. The van der Waals surface area contributed by atoms with Crippen molar-refractivity contribution in [3.8, 4) is 0 Å². The fourth-order valence-electron chi connectivity index (χ4n) is 1.45. The molecule has 6 nitrogen and oxygen atoms in total. The van der Waals surface area contributed by atoms with Crippen molar-refractivity contribution >= 4 is 16.7 Å². The van der Waals surface area contributed by atoms with E-state index < -0.39 is 0 Å². The molecule has 3 rings (SSSR count). The minimum atomic E-state index is -0.153. The Morgan fingerprint density at radius 2 is 2.21 bits per heavy atom. The second-order valence-corrected chi connectivity index (χ2v) is 2.93. The predicted molar refractivity (Wildman–Crippen MR) is 47.7 cm³/mol. The third-order valence-corrected chi connectivity index (χ3v) is 2.11. The minimum absolute atomic E-state index is 0.153. The first-order chi connectivity index (χ1) is 6.86. The van der Waals surface area contributed by atoms with E-state index in [1.807, 2.05) is 18.2 Å². The average Bonchev–Trinajstić information content (AvgIpc) is 2.66. The zero-order valence-electron chi connectivity index (χ0n) is 7.06. The number of H-pyrrole nitrogens is 2. The summed E-state index contributed by atoms with van der Waals surface area (Å²) in [6, 6.07) is 7.25. The van der Waals surface area contributed by atoms with Crippen molar-refractivity contribution in [2.45, 2.75) is 0 Å². The Balaban J connectivity index is 2.70. The fourth-order valence-corrected chi connectivity index (χ4v) is 1.45. The lowest BCUT2D eigenvalue weighted by molar-refractivity contribution is -0.319. The molecule has 0 saturated carbocycles. The Morgan fingerprint density at radius 1 is 1.36 bits per heavy atom. The Bertz CT molecular complexity index is 668. The number of para-hydroxylation sites is 1. The van der Waals surface area contributed by atoms with Crippen LogP contribution in [0.3, 0.4) is 0 Å².